The lowest BCUT2D eigenvalue weighted by Gasteiger charge is -2.53. The molecule has 2 atom stereocenters. The molecule has 0 bridgehead atoms. The van der Waals surface area contributed by atoms with E-state index >= 15 is 0 Å². The second kappa shape index (κ2) is 8.20. The molecule has 8 nitrogen and oxygen atoms in total. The summed E-state index contributed by atoms with van der Waals surface area (Å²) in [6.07, 6.45) is 0.665. The van der Waals surface area contributed by atoms with Gasteiger partial charge in [0, 0.05) is 26.6 Å². The van der Waals surface area contributed by atoms with Gasteiger partial charge in [-0.25, -0.2) is 0 Å². The second-order valence-electron chi connectivity index (χ2n) is 8.02. The van der Waals surface area contributed by atoms with E-state index in [4.69, 9.17) is 14.2 Å². The van der Waals surface area contributed by atoms with E-state index < -0.39 is 17.2 Å². The molecule has 8 heteroatoms. The lowest BCUT2D eigenvalue weighted by atomic mass is 9.73. The highest BCUT2D eigenvalue weighted by Crippen LogP contribution is 2.40. The summed E-state index contributed by atoms with van der Waals surface area (Å²) in [4.78, 5) is 26.4. The molecule has 2 aliphatic heterocycles. The van der Waals surface area contributed by atoms with Gasteiger partial charge in [-0.3, -0.25) is 9.59 Å². The van der Waals surface area contributed by atoms with Crippen LogP contribution in [0.4, 0.5) is 0 Å². The van der Waals surface area contributed by atoms with E-state index in [1.54, 1.807) is 30.2 Å². The van der Waals surface area contributed by atoms with Crippen molar-refractivity contribution in [3.63, 3.8) is 0 Å². The van der Waals surface area contributed by atoms with Gasteiger partial charge in [0.2, 0.25) is 5.91 Å². The molecule has 2 N–H and O–H groups in total. The molecule has 3 rings (SSSR count). The minimum atomic E-state index is -0.851. The van der Waals surface area contributed by atoms with Crippen LogP contribution >= 0.6 is 0 Å². The highest BCUT2D eigenvalue weighted by atomic mass is 16.5. The van der Waals surface area contributed by atoms with Gasteiger partial charge in [0.15, 0.2) is 0 Å². The Kier molecular flexibility index (Phi) is 6.05. The van der Waals surface area contributed by atoms with E-state index in [0.717, 1.165) is 0 Å². The number of ether oxygens (including phenoxy) is 3. The molecule has 2 heterocycles. The fourth-order valence-electron chi connectivity index (χ4n) is 4.45. The number of piperidine rings is 1. The number of aliphatic hydroxyl groups is 1. The minimum Gasteiger partial charge on any atom is -0.497 e. The van der Waals surface area contributed by atoms with E-state index in [0.29, 0.717) is 56.0 Å². The smallest absolute Gasteiger partial charge is 0.257 e. The summed E-state index contributed by atoms with van der Waals surface area (Å²) in [5, 5.41) is 14.0. The zero-order valence-electron chi connectivity index (χ0n) is 17.5. The number of nitrogens with one attached hydrogen (secondary N) is 1. The van der Waals surface area contributed by atoms with Gasteiger partial charge in [-0.05, 0) is 44.4 Å². The molecule has 0 radical (unpaired) electrons. The number of hydrogen-bond acceptors (Lipinski definition) is 6. The van der Waals surface area contributed by atoms with Gasteiger partial charge in [0.1, 0.15) is 17.6 Å². The Bertz CT molecular complexity index is 774. The molecule has 1 aromatic carbocycles. The van der Waals surface area contributed by atoms with E-state index in [1.807, 2.05) is 6.92 Å². The van der Waals surface area contributed by atoms with E-state index in [1.165, 1.54) is 14.0 Å². The first-order chi connectivity index (χ1) is 13.7. The van der Waals surface area contributed by atoms with Gasteiger partial charge in [0.05, 0.1) is 30.9 Å². The van der Waals surface area contributed by atoms with Crippen molar-refractivity contribution in [2.24, 2.45) is 0 Å². The fourth-order valence-corrected chi connectivity index (χ4v) is 4.45. The zero-order chi connectivity index (χ0) is 21.2. The van der Waals surface area contributed by atoms with Gasteiger partial charge in [-0.15, -0.1) is 0 Å². The number of carbonyl (C=O) groups is 2. The molecule has 160 valence electrons. The first-order valence-corrected chi connectivity index (χ1v) is 9.87. The van der Waals surface area contributed by atoms with Crippen LogP contribution in [0.3, 0.4) is 0 Å². The fraction of sp³-hybridized carbons (Fsp3) is 0.619. The molecule has 2 aliphatic rings. The average molecular weight is 406 g/mol. The first-order valence-electron chi connectivity index (χ1n) is 9.87. The molecule has 0 unspecified atom stereocenters. The normalized spacial score (nSPS) is 26.1. The lowest BCUT2D eigenvalue weighted by molar-refractivity contribution is -0.205. The SMILES string of the molecule is COc1ccc(OC)c(C(=O)N2CCC3(CC2)OCC[C@@](C)(NC(C)=O)[C@@H]3O)c1. The molecule has 1 aromatic rings. The van der Waals surface area contributed by atoms with Crippen molar-refractivity contribution in [3.05, 3.63) is 23.8 Å². The van der Waals surface area contributed by atoms with E-state index in [2.05, 4.69) is 5.32 Å². The molecule has 1 spiro atoms. The topological polar surface area (TPSA) is 97.3 Å². The van der Waals surface area contributed by atoms with Crippen LogP contribution in [0.15, 0.2) is 18.2 Å². The van der Waals surface area contributed by atoms with Crippen molar-refractivity contribution >= 4 is 11.8 Å². The average Bonchev–Trinajstić information content (AvgIpc) is 2.71. The molecule has 2 fully saturated rings. The van der Waals surface area contributed by atoms with E-state index in [-0.39, 0.29) is 11.8 Å². The summed E-state index contributed by atoms with van der Waals surface area (Å²) in [7, 11) is 3.08. The van der Waals surface area contributed by atoms with Gasteiger partial charge in [-0.2, -0.15) is 0 Å². The quantitative estimate of drug-likeness (QED) is 0.784. The number of likely N-dealkylation sites (tertiary alicyclic amines) is 1. The summed E-state index contributed by atoms with van der Waals surface area (Å²) < 4.78 is 16.6. The lowest BCUT2D eigenvalue weighted by Crippen LogP contribution is -2.69. The molecule has 0 aliphatic carbocycles. The Morgan fingerprint density at radius 1 is 1.21 bits per heavy atom. The molecule has 29 heavy (non-hydrogen) atoms. The maximum atomic E-state index is 13.1. The molecular weight excluding hydrogens is 376 g/mol. The number of benzene rings is 1. The van der Waals surface area contributed by atoms with Crippen LogP contribution in [-0.2, 0) is 9.53 Å². The van der Waals surface area contributed by atoms with E-state index in [9.17, 15) is 14.7 Å². The molecule has 2 saturated heterocycles. The van der Waals surface area contributed by atoms with Gasteiger partial charge < -0.3 is 29.5 Å². The standard InChI is InChI=1S/C21H30N2O6/c1-14(24)22-20(2)9-12-29-21(19(20)26)7-10-23(11-8-21)18(25)16-13-15(27-3)5-6-17(16)28-4/h5-6,13,19,26H,7-12H2,1-4H3,(H,22,24)/t19-,20+/m0/s1. The minimum absolute atomic E-state index is 0.148. The van der Waals surface area contributed by atoms with Gasteiger partial charge >= 0.3 is 0 Å². The molecular formula is C21H30N2O6. The number of rotatable bonds is 4. The van der Waals surface area contributed by atoms with Crippen molar-refractivity contribution in [2.75, 3.05) is 33.9 Å². The number of hydrogen-bond donors (Lipinski definition) is 2. The predicted octanol–water partition coefficient (Wildman–Crippen LogP) is 1.35. The van der Waals surface area contributed by atoms with Crippen molar-refractivity contribution in [2.45, 2.75) is 50.4 Å². The van der Waals surface area contributed by atoms with Crippen LogP contribution in [0.25, 0.3) is 0 Å². The third-order valence-electron chi connectivity index (χ3n) is 6.11. The van der Waals surface area contributed by atoms with Crippen molar-refractivity contribution in [1.82, 2.24) is 10.2 Å². The van der Waals surface area contributed by atoms with Crippen LogP contribution in [0, 0.1) is 0 Å². The number of methoxy groups -OCH3 is 2. The first kappa shape index (κ1) is 21.4. The van der Waals surface area contributed by atoms with Gasteiger partial charge in [-0.1, -0.05) is 0 Å². The number of aliphatic hydroxyl groups excluding tert-OH is 1. The maximum absolute atomic E-state index is 13.1. The summed E-state index contributed by atoms with van der Waals surface area (Å²) in [6.45, 7) is 4.62. The Labute approximate surface area is 171 Å². The molecule has 0 saturated carbocycles. The Morgan fingerprint density at radius 2 is 1.90 bits per heavy atom. The van der Waals surface area contributed by atoms with Crippen LogP contribution in [0.5, 0.6) is 11.5 Å². The maximum Gasteiger partial charge on any atom is 0.257 e. The van der Waals surface area contributed by atoms with Crippen LogP contribution in [0.2, 0.25) is 0 Å². The van der Waals surface area contributed by atoms with Crippen molar-refractivity contribution in [3.8, 4) is 11.5 Å². The number of nitrogens with zero attached hydrogens (tertiary/aromatic N) is 1. The number of carbonyl (C=O) groups excluding carboxylic acids is 2. The summed E-state index contributed by atoms with van der Waals surface area (Å²) in [5.41, 5.74) is -1.08. The zero-order valence-corrected chi connectivity index (χ0v) is 17.5. The van der Waals surface area contributed by atoms with Crippen LogP contribution in [-0.4, -0.2) is 73.0 Å². The largest absolute Gasteiger partial charge is 0.497 e. The molecule has 2 amide bonds. The van der Waals surface area contributed by atoms with Crippen molar-refractivity contribution < 1.29 is 28.9 Å². The third kappa shape index (κ3) is 4.04. The summed E-state index contributed by atoms with van der Waals surface area (Å²) in [5.74, 6) is 0.745. The van der Waals surface area contributed by atoms with Gasteiger partial charge in [0.25, 0.3) is 5.91 Å². The summed E-state index contributed by atoms with van der Waals surface area (Å²) >= 11 is 0. The predicted molar refractivity (Wildman–Crippen MR) is 106 cm³/mol. The third-order valence-corrected chi connectivity index (χ3v) is 6.11. The Hall–Kier alpha value is -2.32. The highest BCUT2D eigenvalue weighted by Gasteiger charge is 2.54. The molecule has 0 aromatic heterocycles. The Balaban J connectivity index is 1.75. The van der Waals surface area contributed by atoms with Crippen molar-refractivity contribution in [1.29, 1.82) is 0 Å². The second-order valence-corrected chi connectivity index (χ2v) is 8.02. The monoisotopic (exact) mass is 406 g/mol. The number of amides is 2. The highest BCUT2D eigenvalue weighted by molar-refractivity contribution is 5.97. The summed E-state index contributed by atoms with van der Waals surface area (Å²) in [6, 6.07) is 5.13. The Morgan fingerprint density at radius 3 is 2.48 bits per heavy atom. The van der Waals surface area contributed by atoms with Crippen LogP contribution < -0.4 is 14.8 Å². The van der Waals surface area contributed by atoms with Crippen LogP contribution in [0.1, 0.15) is 43.5 Å².